The summed E-state index contributed by atoms with van der Waals surface area (Å²) in [6.07, 6.45) is 4.25. The highest BCUT2D eigenvalue weighted by Crippen LogP contribution is 2.32. The SMILES string of the molecule is CC(Oc1ncc(Br)c2ncnc(N)c12)c1ncn(C)n1. The summed E-state index contributed by atoms with van der Waals surface area (Å²) in [4.78, 5) is 16.6. The second kappa shape index (κ2) is 5.24. The van der Waals surface area contributed by atoms with Crippen molar-refractivity contribution in [2.24, 2.45) is 7.05 Å². The molecule has 21 heavy (non-hydrogen) atoms. The van der Waals surface area contributed by atoms with Gasteiger partial charge in [-0.2, -0.15) is 5.10 Å². The molecule has 2 N–H and O–H groups in total. The lowest BCUT2D eigenvalue weighted by atomic mass is 10.3. The fourth-order valence-corrected chi connectivity index (χ4v) is 2.29. The molecule has 1 atom stereocenters. The third-order valence-electron chi connectivity index (χ3n) is 2.88. The lowest BCUT2D eigenvalue weighted by Gasteiger charge is -2.13. The molecule has 1 unspecified atom stereocenters. The number of pyridine rings is 1. The van der Waals surface area contributed by atoms with Crippen LogP contribution >= 0.6 is 15.9 Å². The van der Waals surface area contributed by atoms with Crippen molar-refractivity contribution in [1.29, 1.82) is 0 Å². The number of rotatable bonds is 3. The lowest BCUT2D eigenvalue weighted by molar-refractivity contribution is 0.210. The number of hydrogen-bond acceptors (Lipinski definition) is 7. The zero-order valence-corrected chi connectivity index (χ0v) is 12.9. The molecule has 3 aromatic rings. The van der Waals surface area contributed by atoms with Crippen LogP contribution in [0.1, 0.15) is 18.9 Å². The lowest BCUT2D eigenvalue weighted by Crippen LogP contribution is -2.08. The molecule has 0 bridgehead atoms. The minimum Gasteiger partial charge on any atom is -0.466 e. The fourth-order valence-electron chi connectivity index (χ4n) is 1.88. The minimum absolute atomic E-state index is 0.310. The highest BCUT2D eigenvalue weighted by Gasteiger charge is 2.18. The first-order chi connectivity index (χ1) is 10.1. The van der Waals surface area contributed by atoms with E-state index in [4.69, 9.17) is 10.5 Å². The zero-order valence-electron chi connectivity index (χ0n) is 11.4. The molecule has 3 rings (SSSR count). The Kier molecular flexibility index (Phi) is 3.42. The number of aryl methyl sites for hydroxylation is 1. The summed E-state index contributed by atoms with van der Waals surface area (Å²) in [7, 11) is 1.79. The average Bonchev–Trinajstić information content (AvgIpc) is 2.89. The third kappa shape index (κ3) is 2.51. The number of aromatic nitrogens is 6. The Hall–Kier alpha value is -2.29. The highest BCUT2D eigenvalue weighted by atomic mass is 79.9. The van der Waals surface area contributed by atoms with Crippen molar-refractivity contribution in [3.05, 3.63) is 29.1 Å². The van der Waals surface area contributed by atoms with Gasteiger partial charge in [-0.05, 0) is 22.9 Å². The Morgan fingerprint density at radius 2 is 2.10 bits per heavy atom. The van der Waals surface area contributed by atoms with Crippen molar-refractivity contribution in [2.45, 2.75) is 13.0 Å². The minimum atomic E-state index is -0.373. The summed E-state index contributed by atoms with van der Waals surface area (Å²) in [5, 5.41) is 4.77. The molecule has 0 radical (unpaired) electrons. The molecule has 0 aliphatic carbocycles. The van der Waals surface area contributed by atoms with E-state index in [0.29, 0.717) is 28.4 Å². The van der Waals surface area contributed by atoms with Crippen molar-refractivity contribution in [1.82, 2.24) is 29.7 Å². The van der Waals surface area contributed by atoms with E-state index in [0.717, 1.165) is 4.47 Å². The number of nitrogens with zero attached hydrogens (tertiary/aromatic N) is 6. The van der Waals surface area contributed by atoms with Crippen LogP contribution in [0.15, 0.2) is 23.3 Å². The molecule has 0 spiro atoms. The van der Waals surface area contributed by atoms with E-state index < -0.39 is 0 Å². The molecule has 0 saturated carbocycles. The average molecular weight is 350 g/mol. The molecule has 0 saturated heterocycles. The van der Waals surface area contributed by atoms with Gasteiger partial charge in [-0.15, -0.1) is 0 Å². The molecular formula is C12H12BrN7O. The second-order valence-electron chi connectivity index (χ2n) is 4.43. The van der Waals surface area contributed by atoms with Crippen molar-refractivity contribution in [3.8, 4) is 5.88 Å². The molecule has 3 aromatic heterocycles. The van der Waals surface area contributed by atoms with E-state index in [1.165, 1.54) is 6.33 Å². The third-order valence-corrected chi connectivity index (χ3v) is 3.46. The van der Waals surface area contributed by atoms with Crippen LogP contribution in [0.4, 0.5) is 5.82 Å². The van der Waals surface area contributed by atoms with Crippen LogP contribution in [0.3, 0.4) is 0 Å². The molecule has 0 amide bonds. The van der Waals surface area contributed by atoms with E-state index >= 15 is 0 Å². The molecule has 0 aromatic carbocycles. The van der Waals surface area contributed by atoms with E-state index in [-0.39, 0.29) is 6.10 Å². The Morgan fingerprint density at radius 1 is 1.29 bits per heavy atom. The van der Waals surface area contributed by atoms with Crippen LogP contribution in [0.2, 0.25) is 0 Å². The van der Waals surface area contributed by atoms with Gasteiger partial charge in [0.05, 0.1) is 9.99 Å². The molecule has 108 valence electrons. The number of nitrogens with two attached hydrogens (primary N) is 1. The van der Waals surface area contributed by atoms with Gasteiger partial charge in [-0.1, -0.05) is 0 Å². The maximum atomic E-state index is 5.92. The number of hydrogen-bond donors (Lipinski definition) is 1. The fraction of sp³-hybridized carbons (Fsp3) is 0.250. The van der Waals surface area contributed by atoms with Gasteiger partial charge in [0.2, 0.25) is 5.88 Å². The summed E-state index contributed by atoms with van der Waals surface area (Å²) < 4.78 is 8.17. The summed E-state index contributed by atoms with van der Waals surface area (Å²) in [5.74, 6) is 1.22. The van der Waals surface area contributed by atoms with Crippen LogP contribution < -0.4 is 10.5 Å². The summed E-state index contributed by atoms with van der Waals surface area (Å²) in [6, 6.07) is 0. The van der Waals surface area contributed by atoms with E-state index in [1.807, 2.05) is 6.92 Å². The molecule has 0 aliphatic heterocycles. The van der Waals surface area contributed by atoms with Crippen LogP contribution in [0.5, 0.6) is 5.88 Å². The van der Waals surface area contributed by atoms with Gasteiger partial charge < -0.3 is 10.5 Å². The van der Waals surface area contributed by atoms with Crippen molar-refractivity contribution in [2.75, 3.05) is 5.73 Å². The Labute approximate surface area is 128 Å². The number of ether oxygens (including phenoxy) is 1. The maximum Gasteiger partial charge on any atom is 0.227 e. The molecule has 0 aliphatic rings. The van der Waals surface area contributed by atoms with Crippen LogP contribution in [-0.4, -0.2) is 29.7 Å². The zero-order chi connectivity index (χ0) is 15.0. The highest BCUT2D eigenvalue weighted by molar-refractivity contribution is 9.10. The normalized spacial score (nSPS) is 12.5. The first-order valence-corrected chi connectivity index (χ1v) is 6.92. The Bertz CT molecular complexity index is 803. The van der Waals surface area contributed by atoms with E-state index in [1.54, 1.807) is 24.3 Å². The van der Waals surface area contributed by atoms with Gasteiger partial charge in [-0.25, -0.2) is 19.9 Å². The molecule has 0 fully saturated rings. The van der Waals surface area contributed by atoms with Crippen molar-refractivity contribution in [3.63, 3.8) is 0 Å². The first kappa shape index (κ1) is 13.7. The number of nitrogen functional groups attached to an aromatic ring is 1. The van der Waals surface area contributed by atoms with Crippen LogP contribution in [-0.2, 0) is 7.05 Å². The number of fused-ring (bicyclic) bond motifs is 1. The van der Waals surface area contributed by atoms with Gasteiger partial charge in [0.1, 0.15) is 23.9 Å². The van der Waals surface area contributed by atoms with Gasteiger partial charge >= 0.3 is 0 Å². The summed E-state index contributed by atoms with van der Waals surface area (Å²) >= 11 is 3.39. The van der Waals surface area contributed by atoms with Crippen LogP contribution in [0.25, 0.3) is 10.9 Å². The molecule has 9 heteroatoms. The second-order valence-corrected chi connectivity index (χ2v) is 5.28. The summed E-state index contributed by atoms with van der Waals surface area (Å²) in [5.41, 5.74) is 6.56. The molecule has 8 nitrogen and oxygen atoms in total. The molecular weight excluding hydrogens is 338 g/mol. The van der Waals surface area contributed by atoms with E-state index in [2.05, 4.69) is 41.0 Å². The van der Waals surface area contributed by atoms with Crippen molar-refractivity contribution >= 4 is 32.7 Å². The van der Waals surface area contributed by atoms with Crippen molar-refractivity contribution < 1.29 is 4.74 Å². The van der Waals surface area contributed by atoms with Crippen LogP contribution in [0, 0.1) is 0 Å². The Morgan fingerprint density at radius 3 is 2.81 bits per heavy atom. The predicted octanol–water partition coefficient (Wildman–Crippen LogP) is 1.64. The number of anilines is 1. The Balaban J connectivity index is 2.03. The van der Waals surface area contributed by atoms with Gasteiger partial charge in [0, 0.05) is 13.2 Å². The maximum absolute atomic E-state index is 5.92. The van der Waals surface area contributed by atoms with E-state index in [9.17, 15) is 0 Å². The largest absolute Gasteiger partial charge is 0.466 e. The topological polar surface area (TPSA) is 105 Å². The predicted molar refractivity (Wildman–Crippen MR) is 79.5 cm³/mol. The van der Waals surface area contributed by atoms with Gasteiger partial charge in [-0.3, -0.25) is 4.68 Å². The van der Waals surface area contributed by atoms with Gasteiger partial charge in [0.25, 0.3) is 0 Å². The molecule has 3 heterocycles. The standard InChI is InChI=1S/C12H12BrN7O/c1-6(11-18-5-20(2)19-11)21-12-8-9(7(13)3-15-12)16-4-17-10(8)14/h3-6H,1-2H3,(H2,14,16,17). The first-order valence-electron chi connectivity index (χ1n) is 6.13. The van der Waals surface area contributed by atoms with Gasteiger partial charge in [0.15, 0.2) is 11.9 Å². The monoisotopic (exact) mass is 349 g/mol. The summed E-state index contributed by atoms with van der Waals surface area (Å²) in [6.45, 7) is 1.84. The number of halogens is 1. The smallest absolute Gasteiger partial charge is 0.227 e. The quantitative estimate of drug-likeness (QED) is 0.765.